The maximum Gasteiger partial charge on any atom is 0.0892 e. The van der Waals surface area contributed by atoms with Gasteiger partial charge in [-0.15, -0.1) is 0 Å². The first-order valence-electron chi connectivity index (χ1n) is 16.7. The van der Waals surface area contributed by atoms with E-state index in [1.165, 1.54) is 0 Å². The molecule has 9 aromatic rings. The first-order valence-corrected chi connectivity index (χ1v) is 16.7. The summed E-state index contributed by atoms with van der Waals surface area (Å²) in [5.74, 6) is 0. The van der Waals surface area contributed by atoms with Gasteiger partial charge in [-0.05, 0) is 71.8 Å². The lowest BCUT2D eigenvalue weighted by molar-refractivity contribution is 1.17. The number of pyridine rings is 1. The summed E-state index contributed by atoms with van der Waals surface area (Å²) in [6, 6.07) is 57.3. The molecule has 3 heterocycles. The Hall–Kier alpha value is -6.85. The fourth-order valence-electron chi connectivity index (χ4n) is 6.76. The first-order chi connectivity index (χ1) is 24.8. The predicted octanol–water partition coefficient (Wildman–Crippen LogP) is 11.4. The lowest BCUT2D eigenvalue weighted by atomic mass is 10.0. The van der Waals surface area contributed by atoms with E-state index < -0.39 is 0 Å². The number of benzene rings is 6. The number of fused-ring (bicyclic) bond motifs is 3. The second kappa shape index (κ2) is 12.6. The van der Waals surface area contributed by atoms with Crippen molar-refractivity contribution in [1.29, 1.82) is 0 Å². The molecule has 0 spiro atoms. The van der Waals surface area contributed by atoms with Crippen molar-refractivity contribution < 1.29 is 0 Å². The van der Waals surface area contributed by atoms with Crippen LogP contribution in [0.25, 0.3) is 61.1 Å². The number of anilines is 3. The molecule has 0 bridgehead atoms. The number of nitrogens with zero attached hydrogens (tertiary/aromatic N) is 5. The van der Waals surface area contributed by atoms with E-state index in [2.05, 4.69) is 165 Å². The fourth-order valence-corrected chi connectivity index (χ4v) is 6.76. The van der Waals surface area contributed by atoms with Gasteiger partial charge in [0, 0.05) is 57.0 Å². The highest BCUT2D eigenvalue weighted by atomic mass is 15.1. The molecule has 5 heteroatoms. The van der Waals surface area contributed by atoms with Gasteiger partial charge < -0.3 is 9.47 Å². The van der Waals surface area contributed by atoms with Crippen molar-refractivity contribution in [3.05, 3.63) is 189 Å². The minimum atomic E-state index is 0.855. The van der Waals surface area contributed by atoms with E-state index in [-0.39, 0.29) is 0 Å². The Labute approximate surface area is 290 Å². The van der Waals surface area contributed by atoms with Crippen LogP contribution in [0.3, 0.4) is 0 Å². The SMILES string of the molecule is c1ccc(-c2cncc(-c3ccc(-c4ccc(-n5c6ccncc6c6cc(N(c7ccccc7)c7ccccc7)ccc65)cc4)cc3)n2)cc1. The van der Waals surface area contributed by atoms with Crippen molar-refractivity contribution in [1.82, 2.24) is 19.5 Å². The highest BCUT2D eigenvalue weighted by molar-refractivity contribution is 6.10. The van der Waals surface area contributed by atoms with Gasteiger partial charge in [-0.1, -0.05) is 103 Å². The molecule has 0 radical (unpaired) electrons. The molecule has 0 unspecified atom stereocenters. The normalized spacial score (nSPS) is 11.2. The summed E-state index contributed by atoms with van der Waals surface area (Å²) < 4.78 is 2.33. The molecular weight excluding hydrogens is 611 g/mol. The van der Waals surface area contributed by atoms with Crippen molar-refractivity contribution in [2.45, 2.75) is 0 Å². The summed E-state index contributed by atoms with van der Waals surface area (Å²) >= 11 is 0. The van der Waals surface area contributed by atoms with E-state index in [0.29, 0.717) is 0 Å². The van der Waals surface area contributed by atoms with Crippen molar-refractivity contribution in [3.8, 4) is 39.3 Å². The number of hydrogen-bond acceptors (Lipinski definition) is 4. The number of para-hydroxylation sites is 2. The van der Waals surface area contributed by atoms with Crippen LogP contribution in [0.5, 0.6) is 0 Å². The second-order valence-corrected chi connectivity index (χ2v) is 12.2. The quantitative estimate of drug-likeness (QED) is 0.174. The summed E-state index contributed by atoms with van der Waals surface area (Å²) in [5.41, 5.74) is 12.8. The number of hydrogen-bond donors (Lipinski definition) is 0. The molecule has 0 amide bonds. The fraction of sp³-hybridized carbons (Fsp3) is 0. The van der Waals surface area contributed by atoms with E-state index in [1.807, 2.05) is 43.0 Å². The van der Waals surface area contributed by atoms with Gasteiger partial charge in [0.1, 0.15) is 0 Å². The van der Waals surface area contributed by atoms with E-state index in [9.17, 15) is 0 Å². The van der Waals surface area contributed by atoms with Crippen molar-refractivity contribution >= 4 is 38.9 Å². The molecule has 0 aliphatic rings. The molecule has 50 heavy (non-hydrogen) atoms. The summed E-state index contributed by atoms with van der Waals surface area (Å²) in [6.45, 7) is 0. The Bertz CT molecular complexity index is 2520. The van der Waals surface area contributed by atoms with Crippen LogP contribution in [0.4, 0.5) is 17.1 Å². The molecule has 0 atom stereocenters. The van der Waals surface area contributed by atoms with Crippen molar-refractivity contribution in [3.63, 3.8) is 0 Å². The van der Waals surface area contributed by atoms with Gasteiger partial charge in [0.25, 0.3) is 0 Å². The van der Waals surface area contributed by atoms with Crippen LogP contribution in [0.2, 0.25) is 0 Å². The van der Waals surface area contributed by atoms with E-state index in [4.69, 9.17) is 4.98 Å². The second-order valence-electron chi connectivity index (χ2n) is 12.2. The van der Waals surface area contributed by atoms with Gasteiger partial charge in [0.15, 0.2) is 0 Å². The average Bonchev–Trinajstić information content (AvgIpc) is 3.53. The Morgan fingerprint density at radius 2 is 0.940 bits per heavy atom. The maximum absolute atomic E-state index is 4.88. The molecule has 5 nitrogen and oxygen atoms in total. The third kappa shape index (κ3) is 5.37. The van der Waals surface area contributed by atoms with E-state index in [0.717, 1.165) is 78.2 Å². The van der Waals surface area contributed by atoms with Crippen molar-refractivity contribution in [2.75, 3.05) is 4.90 Å². The van der Waals surface area contributed by atoms with Gasteiger partial charge in [0.05, 0.1) is 34.8 Å². The summed E-state index contributed by atoms with van der Waals surface area (Å²) in [5, 5.41) is 2.27. The average molecular weight is 642 g/mol. The van der Waals surface area contributed by atoms with Gasteiger partial charge in [-0.25, -0.2) is 4.98 Å². The Morgan fingerprint density at radius 1 is 0.400 bits per heavy atom. The highest BCUT2D eigenvalue weighted by Crippen LogP contribution is 2.39. The number of rotatable bonds is 7. The molecular formula is C45H31N5. The Morgan fingerprint density at radius 3 is 1.58 bits per heavy atom. The minimum Gasteiger partial charge on any atom is -0.310 e. The topological polar surface area (TPSA) is 46.8 Å². The lowest BCUT2D eigenvalue weighted by Gasteiger charge is -2.25. The van der Waals surface area contributed by atoms with Crippen molar-refractivity contribution in [2.24, 2.45) is 0 Å². The Balaban J connectivity index is 1.06. The lowest BCUT2D eigenvalue weighted by Crippen LogP contribution is -2.09. The zero-order valence-corrected chi connectivity index (χ0v) is 27.1. The molecule has 3 aromatic heterocycles. The Kier molecular flexibility index (Phi) is 7.41. The predicted molar refractivity (Wildman–Crippen MR) is 205 cm³/mol. The standard InChI is InChI=1S/C45H31N5/c1-4-10-34(11-5-1)42-30-47-31-43(48-42)35-18-16-32(17-19-35)33-20-22-38(23-21-33)50-44-25-24-39(28-40(44)41-29-46-27-26-45(41)50)49(36-12-6-2-7-13-36)37-14-8-3-9-15-37/h1-31H. The summed E-state index contributed by atoms with van der Waals surface area (Å²) in [6.07, 6.45) is 7.48. The molecule has 0 fully saturated rings. The van der Waals surface area contributed by atoms with E-state index >= 15 is 0 Å². The monoisotopic (exact) mass is 641 g/mol. The molecule has 236 valence electrons. The molecule has 0 saturated heterocycles. The third-order valence-corrected chi connectivity index (χ3v) is 9.18. The van der Waals surface area contributed by atoms with Crippen LogP contribution in [0.15, 0.2) is 189 Å². The third-order valence-electron chi connectivity index (χ3n) is 9.18. The summed E-state index contributed by atoms with van der Waals surface area (Å²) in [7, 11) is 0. The maximum atomic E-state index is 4.88. The van der Waals surface area contributed by atoms with Gasteiger partial charge in [-0.3, -0.25) is 9.97 Å². The molecule has 0 N–H and O–H groups in total. The van der Waals surface area contributed by atoms with Crippen LogP contribution in [0, 0.1) is 0 Å². The molecule has 0 saturated carbocycles. The molecule has 0 aliphatic heterocycles. The van der Waals surface area contributed by atoms with Crippen LogP contribution >= 0.6 is 0 Å². The number of aromatic nitrogens is 4. The van der Waals surface area contributed by atoms with Crippen LogP contribution in [-0.4, -0.2) is 19.5 Å². The largest absolute Gasteiger partial charge is 0.310 e. The smallest absolute Gasteiger partial charge is 0.0892 e. The van der Waals surface area contributed by atoms with Crippen LogP contribution in [0.1, 0.15) is 0 Å². The molecule has 9 rings (SSSR count). The van der Waals surface area contributed by atoms with Crippen LogP contribution in [-0.2, 0) is 0 Å². The van der Waals surface area contributed by atoms with Gasteiger partial charge >= 0.3 is 0 Å². The minimum absolute atomic E-state index is 0.855. The summed E-state index contributed by atoms with van der Waals surface area (Å²) in [4.78, 5) is 16.2. The molecule has 0 aliphatic carbocycles. The first kappa shape index (κ1) is 29.3. The van der Waals surface area contributed by atoms with Crippen LogP contribution < -0.4 is 4.90 Å². The zero-order valence-electron chi connectivity index (χ0n) is 27.1. The zero-order chi connectivity index (χ0) is 33.3. The van der Waals surface area contributed by atoms with Gasteiger partial charge in [-0.2, -0.15) is 0 Å². The van der Waals surface area contributed by atoms with Gasteiger partial charge in [0.2, 0.25) is 0 Å². The highest BCUT2D eigenvalue weighted by Gasteiger charge is 2.17. The van der Waals surface area contributed by atoms with E-state index in [1.54, 1.807) is 0 Å². The molecule has 6 aromatic carbocycles.